The zero-order valence-corrected chi connectivity index (χ0v) is 11.9. The van der Waals surface area contributed by atoms with E-state index in [-0.39, 0.29) is 12.5 Å². The Balaban J connectivity index is 2.08. The summed E-state index contributed by atoms with van der Waals surface area (Å²) in [4.78, 5) is 13.9. The third kappa shape index (κ3) is 4.23. The second-order valence-corrected chi connectivity index (χ2v) is 4.60. The minimum Gasteiger partial charge on any atom is -0.467 e. The summed E-state index contributed by atoms with van der Waals surface area (Å²) in [6.07, 6.45) is 2.02. The molecule has 0 aliphatic heterocycles. The number of benzene rings is 1. The summed E-state index contributed by atoms with van der Waals surface area (Å²) in [6.45, 7) is 0.462. The van der Waals surface area contributed by atoms with Crippen LogP contribution >= 0.6 is 0 Å². The normalized spacial score (nSPS) is 9.81. The lowest BCUT2D eigenvalue weighted by Crippen LogP contribution is -2.26. The smallest absolute Gasteiger partial charge is 0.254 e. The van der Waals surface area contributed by atoms with Gasteiger partial charge in [0.1, 0.15) is 5.76 Å². The van der Waals surface area contributed by atoms with E-state index in [9.17, 15) is 4.79 Å². The van der Waals surface area contributed by atoms with E-state index in [0.717, 1.165) is 11.3 Å². The highest BCUT2D eigenvalue weighted by Crippen LogP contribution is 2.10. The topological polar surface area (TPSA) is 53.7 Å². The van der Waals surface area contributed by atoms with Gasteiger partial charge in [-0.15, -0.1) is 0 Å². The average Bonchev–Trinajstić information content (AvgIpc) is 3.00. The number of nitrogens with zero attached hydrogens (tertiary/aromatic N) is 1. The van der Waals surface area contributed by atoms with Crippen molar-refractivity contribution in [3.63, 3.8) is 0 Å². The van der Waals surface area contributed by atoms with Gasteiger partial charge >= 0.3 is 0 Å². The molecule has 0 saturated carbocycles. The predicted molar refractivity (Wildman–Crippen MR) is 79.5 cm³/mol. The van der Waals surface area contributed by atoms with Crippen LogP contribution in [0.5, 0.6) is 0 Å². The van der Waals surface area contributed by atoms with Crippen LogP contribution in [0.25, 0.3) is 0 Å². The number of aliphatic hydroxyl groups is 1. The molecule has 108 valence electrons. The van der Waals surface area contributed by atoms with E-state index in [0.29, 0.717) is 18.5 Å². The standard InChI is InChI=1S/C17H17NO3/c1-18(13-16-9-5-11-21-16)17(20)15-8-4-7-14(12-15)6-2-3-10-19/h4-5,7-9,11-12,19H,3,10,13H2,1H3. The minimum absolute atomic E-state index is 0.0392. The molecule has 0 bridgehead atoms. The Morgan fingerprint density at radius 3 is 2.90 bits per heavy atom. The molecule has 4 heteroatoms. The van der Waals surface area contributed by atoms with E-state index >= 15 is 0 Å². The maximum Gasteiger partial charge on any atom is 0.254 e. The van der Waals surface area contributed by atoms with Gasteiger partial charge in [0.05, 0.1) is 19.4 Å². The van der Waals surface area contributed by atoms with Gasteiger partial charge in [0, 0.05) is 24.6 Å². The first-order valence-electron chi connectivity index (χ1n) is 6.68. The molecule has 0 atom stereocenters. The van der Waals surface area contributed by atoms with E-state index in [1.165, 1.54) is 0 Å². The molecule has 0 saturated heterocycles. The van der Waals surface area contributed by atoms with Gasteiger partial charge in [0.2, 0.25) is 0 Å². The van der Waals surface area contributed by atoms with E-state index in [4.69, 9.17) is 9.52 Å². The lowest BCUT2D eigenvalue weighted by molar-refractivity contribution is 0.0775. The zero-order valence-electron chi connectivity index (χ0n) is 11.9. The highest BCUT2D eigenvalue weighted by molar-refractivity contribution is 5.94. The van der Waals surface area contributed by atoms with Crippen molar-refractivity contribution < 1.29 is 14.3 Å². The Morgan fingerprint density at radius 1 is 1.33 bits per heavy atom. The van der Waals surface area contributed by atoms with Crippen LogP contribution in [-0.4, -0.2) is 29.6 Å². The third-order valence-corrected chi connectivity index (χ3v) is 2.90. The van der Waals surface area contributed by atoms with Gasteiger partial charge in [-0.2, -0.15) is 0 Å². The van der Waals surface area contributed by atoms with Crippen LogP contribution in [0.3, 0.4) is 0 Å². The van der Waals surface area contributed by atoms with Crippen molar-refractivity contribution >= 4 is 5.91 Å². The van der Waals surface area contributed by atoms with E-state index < -0.39 is 0 Å². The summed E-state index contributed by atoms with van der Waals surface area (Å²) in [5, 5.41) is 8.71. The Labute approximate surface area is 124 Å². The zero-order chi connectivity index (χ0) is 15.1. The molecule has 1 aromatic carbocycles. The maximum absolute atomic E-state index is 12.3. The van der Waals surface area contributed by atoms with Crippen LogP contribution in [-0.2, 0) is 6.54 Å². The average molecular weight is 283 g/mol. The monoisotopic (exact) mass is 283 g/mol. The molecule has 0 aliphatic carbocycles. The van der Waals surface area contributed by atoms with Crippen LogP contribution in [0, 0.1) is 11.8 Å². The second-order valence-electron chi connectivity index (χ2n) is 4.60. The molecule has 0 spiro atoms. The van der Waals surface area contributed by atoms with E-state index in [1.54, 1.807) is 42.5 Å². The highest BCUT2D eigenvalue weighted by Gasteiger charge is 2.13. The summed E-state index contributed by atoms with van der Waals surface area (Å²) >= 11 is 0. The predicted octanol–water partition coefficient (Wildman–Crippen LogP) is 2.29. The molecule has 0 fully saturated rings. The second kappa shape index (κ2) is 7.32. The van der Waals surface area contributed by atoms with Crippen molar-refractivity contribution in [2.24, 2.45) is 0 Å². The number of hydrogen-bond donors (Lipinski definition) is 1. The highest BCUT2D eigenvalue weighted by atomic mass is 16.3. The fourth-order valence-corrected chi connectivity index (χ4v) is 1.88. The van der Waals surface area contributed by atoms with Gasteiger partial charge in [-0.05, 0) is 30.3 Å². The molecule has 0 radical (unpaired) electrons. The van der Waals surface area contributed by atoms with Gasteiger partial charge < -0.3 is 14.4 Å². The first kappa shape index (κ1) is 14.9. The molecular weight excluding hydrogens is 266 g/mol. The molecule has 0 aliphatic rings. The molecule has 2 aromatic rings. The van der Waals surface area contributed by atoms with Gasteiger partial charge in [0.25, 0.3) is 5.91 Å². The summed E-state index contributed by atoms with van der Waals surface area (Å²) < 4.78 is 5.24. The van der Waals surface area contributed by atoms with Crippen molar-refractivity contribution in [2.75, 3.05) is 13.7 Å². The fourth-order valence-electron chi connectivity index (χ4n) is 1.88. The number of aliphatic hydroxyl groups excluding tert-OH is 1. The quantitative estimate of drug-likeness (QED) is 0.876. The molecule has 2 rings (SSSR count). The van der Waals surface area contributed by atoms with Crippen molar-refractivity contribution in [1.29, 1.82) is 0 Å². The van der Waals surface area contributed by atoms with Gasteiger partial charge in [-0.3, -0.25) is 4.79 Å². The fraction of sp³-hybridized carbons (Fsp3) is 0.235. The molecule has 21 heavy (non-hydrogen) atoms. The molecule has 4 nitrogen and oxygen atoms in total. The van der Waals surface area contributed by atoms with Crippen molar-refractivity contribution in [3.8, 4) is 11.8 Å². The Hall–Kier alpha value is -2.51. The minimum atomic E-state index is -0.0859. The molecule has 1 N–H and O–H groups in total. The van der Waals surface area contributed by atoms with Crippen LogP contribution < -0.4 is 0 Å². The van der Waals surface area contributed by atoms with Crippen LogP contribution in [0.2, 0.25) is 0 Å². The summed E-state index contributed by atoms with van der Waals surface area (Å²) in [6, 6.07) is 10.8. The summed E-state index contributed by atoms with van der Waals surface area (Å²) in [5.41, 5.74) is 1.35. The SMILES string of the molecule is CN(Cc1ccco1)C(=O)c1cccc(C#CCCO)c1. The summed E-state index contributed by atoms with van der Waals surface area (Å²) in [7, 11) is 1.73. The van der Waals surface area contributed by atoms with Gasteiger partial charge in [0.15, 0.2) is 0 Å². The number of amides is 1. The van der Waals surface area contributed by atoms with Crippen LogP contribution in [0.4, 0.5) is 0 Å². The number of furan rings is 1. The lowest BCUT2D eigenvalue weighted by Gasteiger charge is -2.15. The Kier molecular flexibility index (Phi) is 5.19. The van der Waals surface area contributed by atoms with E-state index in [2.05, 4.69) is 11.8 Å². The van der Waals surface area contributed by atoms with Crippen molar-refractivity contribution in [1.82, 2.24) is 4.90 Å². The first-order chi connectivity index (χ1) is 10.2. The summed E-state index contributed by atoms with van der Waals surface area (Å²) in [5.74, 6) is 6.42. The third-order valence-electron chi connectivity index (χ3n) is 2.90. The lowest BCUT2D eigenvalue weighted by atomic mass is 10.1. The largest absolute Gasteiger partial charge is 0.467 e. The maximum atomic E-state index is 12.3. The Bertz CT molecular complexity index is 650. The molecular formula is C17H17NO3. The Morgan fingerprint density at radius 2 is 2.19 bits per heavy atom. The molecule has 1 amide bonds. The van der Waals surface area contributed by atoms with Gasteiger partial charge in [-0.1, -0.05) is 17.9 Å². The van der Waals surface area contributed by atoms with Gasteiger partial charge in [-0.25, -0.2) is 0 Å². The molecule has 0 unspecified atom stereocenters. The van der Waals surface area contributed by atoms with E-state index in [1.807, 2.05) is 12.1 Å². The van der Waals surface area contributed by atoms with Crippen LogP contribution in [0.15, 0.2) is 47.1 Å². The number of carbonyl (C=O) groups excluding carboxylic acids is 1. The number of carbonyl (C=O) groups is 1. The van der Waals surface area contributed by atoms with Crippen molar-refractivity contribution in [2.45, 2.75) is 13.0 Å². The number of hydrogen-bond acceptors (Lipinski definition) is 3. The van der Waals surface area contributed by atoms with Crippen molar-refractivity contribution in [3.05, 3.63) is 59.5 Å². The first-order valence-corrected chi connectivity index (χ1v) is 6.68. The molecule has 1 heterocycles. The number of rotatable bonds is 4. The van der Waals surface area contributed by atoms with Crippen LogP contribution in [0.1, 0.15) is 28.1 Å². The molecule has 1 aromatic heterocycles.